The van der Waals surface area contributed by atoms with Gasteiger partial charge in [0.1, 0.15) is 0 Å². The molecule has 0 radical (unpaired) electrons. The first-order chi connectivity index (χ1) is 9.70. The van der Waals surface area contributed by atoms with Crippen molar-refractivity contribution < 1.29 is 14.3 Å². The second-order valence-corrected chi connectivity index (χ2v) is 5.10. The first-order valence-electron chi connectivity index (χ1n) is 7.20. The van der Waals surface area contributed by atoms with Crippen LogP contribution in [0.3, 0.4) is 0 Å². The van der Waals surface area contributed by atoms with Gasteiger partial charge in [-0.2, -0.15) is 0 Å². The molecule has 1 fully saturated rings. The number of carbonyl (C=O) groups excluding carboxylic acids is 2. The Labute approximate surface area is 119 Å². The SMILES string of the molecule is CCOC(=O)CCC(=O)NC(c1ccccc1)C1CC1. The van der Waals surface area contributed by atoms with E-state index >= 15 is 0 Å². The molecule has 4 nitrogen and oxygen atoms in total. The lowest BCUT2D eigenvalue weighted by atomic mass is 10.0. The molecule has 0 bridgehead atoms. The zero-order valence-electron chi connectivity index (χ0n) is 11.8. The van der Waals surface area contributed by atoms with Crippen molar-refractivity contribution in [3.63, 3.8) is 0 Å². The average molecular weight is 275 g/mol. The highest BCUT2D eigenvalue weighted by Gasteiger charge is 2.33. The number of nitrogens with one attached hydrogen (secondary N) is 1. The van der Waals surface area contributed by atoms with E-state index in [9.17, 15) is 9.59 Å². The number of hydrogen-bond donors (Lipinski definition) is 1. The lowest BCUT2D eigenvalue weighted by Gasteiger charge is -2.18. The van der Waals surface area contributed by atoms with Gasteiger partial charge in [-0.3, -0.25) is 9.59 Å². The van der Waals surface area contributed by atoms with Crippen molar-refractivity contribution in [2.45, 2.75) is 38.6 Å². The van der Waals surface area contributed by atoms with E-state index < -0.39 is 0 Å². The van der Waals surface area contributed by atoms with Crippen LogP contribution in [0.2, 0.25) is 0 Å². The summed E-state index contributed by atoms with van der Waals surface area (Å²) in [5.41, 5.74) is 1.14. The Kier molecular flexibility index (Phi) is 5.16. The molecule has 4 heteroatoms. The highest BCUT2D eigenvalue weighted by Crippen LogP contribution is 2.40. The van der Waals surface area contributed by atoms with Crippen LogP contribution in [0.1, 0.15) is 44.2 Å². The molecule has 0 spiro atoms. The summed E-state index contributed by atoms with van der Waals surface area (Å²) in [6.45, 7) is 2.12. The minimum Gasteiger partial charge on any atom is -0.466 e. The fourth-order valence-corrected chi connectivity index (χ4v) is 2.26. The van der Waals surface area contributed by atoms with Gasteiger partial charge in [-0.05, 0) is 31.2 Å². The second-order valence-electron chi connectivity index (χ2n) is 5.10. The number of carbonyl (C=O) groups is 2. The van der Waals surface area contributed by atoms with E-state index in [0.29, 0.717) is 12.5 Å². The molecule has 1 aromatic rings. The number of esters is 1. The second kappa shape index (κ2) is 7.08. The molecule has 1 N–H and O–H groups in total. The quantitative estimate of drug-likeness (QED) is 0.778. The predicted molar refractivity (Wildman–Crippen MR) is 75.9 cm³/mol. The van der Waals surface area contributed by atoms with Crippen molar-refractivity contribution in [2.24, 2.45) is 5.92 Å². The van der Waals surface area contributed by atoms with Crippen molar-refractivity contribution in [1.82, 2.24) is 5.32 Å². The average Bonchev–Trinajstić information content (AvgIpc) is 3.28. The van der Waals surface area contributed by atoms with Crippen LogP contribution in [-0.2, 0) is 14.3 Å². The summed E-state index contributed by atoms with van der Waals surface area (Å²) in [5, 5.41) is 3.05. The van der Waals surface area contributed by atoms with Crippen molar-refractivity contribution in [2.75, 3.05) is 6.61 Å². The lowest BCUT2D eigenvalue weighted by Crippen LogP contribution is -2.30. The van der Waals surface area contributed by atoms with Crippen LogP contribution in [0.4, 0.5) is 0 Å². The maximum absolute atomic E-state index is 11.9. The van der Waals surface area contributed by atoms with E-state index in [4.69, 9.17) is 4.74 Å². The van der Waals surface area contributed by atoms with Gasteiger partial charge >= 0.3 is 5.97 Å². The third-order valence-electron chi connectivity index (χ3n) is 3.43. The van der Waals surface area contributed by atoms with Gasteiger partial charge in [-0.15, -0.1) is 0 Å². The van der Waals surface area contributed by atoms with Crippen LogP contribution >= 0.6 is 0 Å². The van der Waals surface area contributed by atoms with Gasteiger partial charge in [0, 0.05) is 6.42 Å². The molecular formula is C16H21NO3. The Bertz CT molecular complexity index is 454. The molecule has 0 saturated heterocycles. The molecule has 1 saturated carbocycles. The fraction of sp³-hybridized carbons (Fsp3) is 0.500. The molecule has 1 aliphatic carbocycles. The smallest absolute Gasteiger partial charge is 0.306 e. The van der Waals surface area contributed by atoms with E-state index in [1.165, 1.54) is 0 Å². The minimum absolute atomic E-state index is 0.0749. The van der Waals surface area contributed by atoms with Gasteiger partial charge in [0.05, 0.1) is 19.1 Å². The maximum Gasteiger partial charge on any atom is 0.306 e. The lowest BCUT2D eigenvalue weighted by molar-refractivity contribution is -0.144. The molecule has 1 unspecified atom stereocenters. The Morgan fingerprint density at radius 2 is 1.95 bits per heavy atom. The number of benzene rings is 1. The number of rotatable bonds is 7. The highest BCUT2D eigenvalue weighted by molar-refractivity contribution is 5.81. The number of ether oxygens (including phenoxy) is 1. The van der Waals surface area contributed by atoms with Gasteiger partial charge in [0.25, 0.3) is 0 Å². The van der Waals surface area contributed by atoms with Gasteiger partial charge in [0.2, 0.25) is 5.91 Å². The number of hydrogen-bond acceptors (Lipinski definition) is 3. The van der Waals surface area contributed by atoms with Gasteiger partial charge in [0.15, 0.2) is 0 Å². The van der Waals surface area contributed by atoms with E-state index in [0.717, 1.165) is 18.4 Å². The van der Waals surface area contributed by atoms with E-state index in [-0.39, 0.29) is 30.8 Å². The van der Waals surface area contributed by atoms with Crippen LogP contribution in [0.25, 0.3) is 0 Å². The van der Waals surface area contributed by atoms with E-state index in [2.05, 4.69) is 5.32 Å². The molecule has 20 heavy (non-hydrogen) atoms. The Morgan fingerprint density at radius 3 is 2.55 bits per heavy atom. The molecule has 1 amide bonds. The van der Waals surface area contributed by atoms with Gasteiger partial charge in [-0.25, -0.2) is 0 Å². The molecule has 1 aromatic carbocycles. The van der Waals surface area contributed by atoms with Crippen molar-refractivity contribution in [1.29, 1.82) is 0 Å². The molecular weight excluding hydrogens is 254 g/mol. The summed E-state index contributed by atoms with van der Waals surface area (Å²) < 4.78 is 4.82. The van der Waals surface area contributed by atoms with Crippen LogP contribution in [0.15, 0.2) is 30.3 Å². The third kappa shape index (κ3) is 4.37. The van der Waals surface area contributed by atoms with Crippen molar-refractivity contribution in [3.8, 4) is 0 Å². The minimum atomic E-state index is -0.315. The summed E-state index contributed by atoms with van der Waals surface area (Å²) in [6.07, 6.45) is 2.64. The normalized spacial score (nSPS) is 15.4. The van der Waals surface area contributed by atoms with Gasteiger partial charge in [-0.1, -0.05) is 30.3 Å². The zero-order valence-corrected chi connectivity index (χ0v) is 11.8. The van der Waals surface area contributed by atoms with E-state index in [1.807, 2.05) is 30.3 Å². The summed E-state index contributed by atoms with van der Waals surface area (Å²) in [7, 11) is 0. The maximum atomic E-state index is 11.9. The molecule has 1 aliphatic rings. The van der Waals surface area contributed by atoms with Crippen molar-refractivity contribution in [3.05, 3.63) is 35.9 Å². The molecule has 2 rings (SSSR count). The van der Waals surface area contributed by atoms with Gasteiger partial charge < -0.3 is 10.1 Å². The Balaban J connectivity index is 1.86. The highest BCUT2D eigenvalue weighted by atomic mass is 16.5. The van der Waals surface area contributed by atoms with Crippen LogP contribution in [-0.4, -0.2) is 18.5 Å². The first kappa shape index (κ1) is 14.6. The largest absolute Gasteiger partial charge is 0.466 e. The standard InChI is InChI=1S/C16H21NO3/c1-2-20-15(19)11-10-14(18)17-16(13-8-9-13)12-6-4-3-5-7-12/h3-7,13,16H,2,8-11H2,1H3,(H,17,18). The first-order valence-corrected chi connectivity index (χ1v) is 7.20. The molecule has 0 aromatic heterocycles. The van der Waals surface area contributed by atoms with Crippen LogP contribution in [0, 0.1) is 5.92 Å². The zero-order chi connectivity index (χ0) is 14.4. The van der Waals surface area contributed by atoms with Crippen molar-refractivity contribution >= 4 is 11.9 Å². The molecule has 108 valence electrons. The molecule has 0 aliphatic heterocycles. The predicted octanol–water partition coefficient (Wildman–Crippen LogP) is 2.60. The fourth-order valence-electron chi connectivity index (χ4n) is 2.26. The van der Waals surface area contributed by atoms with Crippen LogP contribution < -0.4 is 5.32 Å². The monoisotopic (exact) mass is 275 g/mol. The van der Waals surface area contributed by atoms with Crippen LogP contribution in [0.5, 0.6) is 0 Å². The molecule has 1 atom stereocenters. The summed E-state index contributed by atoms with van der Waals surface area (Å²) in [6, 6.07) is 10.1. The summed E-state index contributed by atoms with van der Waals surface area (Å²) in [4.78, 5) is 23.2. The summed E-state index contributed by atoms with van der Waals surface area (Å²) >= 11 is 0. The molecule has 0 heterocycles. The number of amides is 1. The Hall–Kier alpha value is -1.84. The Morgan fingerprint density at radius 1 is 1.25 bits per heavy atom. The van der Waals surface area contributed by atoms with E-state index in [1.54, 1.807) is 6.92 Å². The topological polar surface area (TPSA) is 55.4 Å². The summed E-state index contributed by atoms with van der Waals surface area (Å²) in [5.74, 6) is 0.132. The third-order valence-corrected chi connectivity index (χ3v) is 3.43.